The number of aromatic nitrogens is 2. The van der Waals surface area contributed by atoms with Crippen LogP contribution in [0.5, 0.6) is 0 Å². The molecule has 1 aromatic carbocycles. The van der Waals surface area contributed by atoms with Crippen LogP contribution < -0.4 is 16.8 Å². The molecular formula is C14H15IN4O2. The van der Waals surface area contributed by atoms with Crippen LogP contribution in [0, 0.1) is 10.5 Å². The highest BCUT2D eigenvalue weighted by Crippen LogP contribution is 2.11. The third-order valence-corrected chi connectivity index (χ3v) is 4.37. The predicted octanol–water partition coefficient (Wildman–Crippen LogP) is 0.737. The second kappa shape index (κ2) is 6.81. The molecule has 0 fully saturated rings. The van der Waals surface area contributed by atoms with Crippen LogP contribution in [-0.2, 0) is 17.8 Å². The van der Waals surface area contributed by atoms with Crippen molar-refractivity contribution < 1.29 is 4.79 Å². The van der Waals surface area contributed by atoms with Crippen molar-refractivity contribution in [3.8, 4) is 0 Å². The Morgan fingerprint density at radius 3 is 2.71 bits per heavy atom. The van der Waals surface area contributed by atoms with Crippen molar-refractivity contribution in [1.82, 2.24) is 15.0 Å². The molecule has 0 saturated heterocycles. The topological polar surface area (TPSA) is 90.0 Å². The summed E-state index contributed by atoms with van der Waals surface area (Å²) < 4.78 is 2.14. The van der Waals surface area contributed by atoms with E-state index in [9.17, 15) is 9.59 Å². The van der Waals surface area contributed by atoms with Gasteiger partial charge >= 0.3 is 0 Å². The van der Waals surface area contributed by atoms with Gasteiger partial charge in [-0.2, -0.15) is 0 Å². The number of nitrogens with one attached hydrogen (secondary N) is 1. The minimum Gasteiger partial charge on any atom is -0.294 e. The zero-order valence-corrected chi connectivity index (χ0v) is 13.6. The van der Waals surface area contributed by atoms with Crippen molar-refractivity contribution in [2.45, 2.75) is 19.9 Å². The molecule has 0 aliphatic carbocycles. The van der Waals surface area contributed by atoms with E-state index >= 15 is 0 Å². The summed E-state index contributed by atoms with van der Waals surface area (Å²) in [4.78, 5) is 27.8. The number of amides is 1. The Bertz CT molecular complexity index is 727. The molecule has 0 aliphatic heterocycles. The van der Waals surface area contributed by atoms with Crippen molar-refractivity contribution in [2.75, 3.05) is 0 Å². The normalized spacial score (nSPS) is 10.4. The summed E-state index contributed by atoms with van der Waals surface area (Å²) in [5.41, 5.74) is 4.47. The largest absolute Gasteiger partial charge is 0.294 e. The lowest BCUT2D eigenvalue weighted by molar-refractivity contribution is -0.120. The van der Waals surface area contributed by atoms with E-state index in [1.54, 1.807) is 6.92 Å². The molecule has 0 spiro atoms. The number of carbonyl (C=O) groups is 1. The summed E-state index contributed by atoms with van der Waals surface area (Å²) in [5, 5.41) is 0. The smallest absolute Gasteiger partial charge is 0.267 e. The molecule has 0 radical (unpaired) electrons. The number of hydrogen-bond donors (Lipinski definition) is 2. The first-order valence-corrected chi connectivity index (χ1v) is 7.38. The monoisotopic (exact) mass is 398 g/mol. The summed E-state index contributed by atoms with van der Waals surface area (Å²) >= 11 is 2.00. The third kappa shape index (κ3) is 3.67. The number of nitrogens with two attached hydrogens (primary N) is 1. The molecule has 0 bridgehead atoms. The number of nitrogens with zero attached hydrogens (tertiary/aromatic N) is 2. The van der Waals surface area contributed by atoms with Crippen molar-refractivity contribution in [3.05, 3.63) is 61.3 Å². The zero-order valence-electron chi connectivity index (χ0n) is 11.5. The maximum atomic E-state index is 12.2. The number of benzene rings is 1. The lowest BCUT2D eigenvalue weighted by atomic mass is 10.0. The van der Waals surface area contributed by atoms with Crippen LogP contribution in [0.3, 0.4) is 0 Å². The quantitative estimate of drug-likeness (QED) is 0.344. The Balaban J connectivity index is 2.34. The molecule has 0 unspecified atom stereocenters. The average molecular weight is 398 g/mol. The van der Waals surface area contributed by atoms with Gasteiger partial charge in [-0.25, -0.2) is 10.8 Å². The molecule has 0 atom stereocenters. The second-order valence-corrected chi connectivity index (χ2v) is 5.67. The Labute approximate surface area is 135 Å². The third-order valence-electron chi connectivity index (χ3n) is 3.13. The van der Waals surface area contributed by atoms with E-state index in [1.165, 1.54) is 10.9 Å². The van der Waals surface area contributed by atoms with Gasteiger partial charge in [0.25, 0.3) is 5.56 Å². The predicted molar refractivity (Wildman–Crippen MR) is 87.5 cm³/mol. The fourth-order valence-electron chi connectivity index (χ4n) is 1.95. The van der Waals surface area contributed by atoms with E-state index in [4.69, 9.17) is 5.84 Å². The van der Waals surface area contributed by atoms with E-state index < -0.39 is 0 Å². The fraction of sp³-hybridized carbons (Fsp3) is 0.214. The fourth-order valence-corrected chi connectivity index (χ4v) is 2.40. The SMILES string of the molecule is Cc1ncn(Cc2ccccc2CC(=O)NN)c(=O)c1I. The molecule has 6 nitrogen and oxygen atoms in total. The highest BCUT2D eigenvalue weighted by molar-refractivity contribution is 14.1. The Morgan fingerprint density at radius 2 is 2.05 bits per heavy atom. The first kappa shape index (κ1) is 15.6. The molecule has 1 amide bonds. The molecule has 7 heteroatoms. The summed E-state index contributed by atoms with van der Waals surface area (Å²) in [7, 11) is 0. The van der Waals surface area contributed by atoms with Crippen LogP contribution in [0.2, 0.25) is 0 Å². The number of carbonyl (C=O) groups excluding carboxylic acids is 1. The lowest BCUT2D eigenvalue weighted by Crippen LogP contribution is -2.32. The highest BCUT2D eigenvalue weighted by Gasteiger charge is 2.10. The molecule has 2 aromatic rings. The van der Waals surface area contributed by atoms with Gasteiger partial charge in [0.15, 0.2) is 0 Å². The van der Waals surface area contributed by atoms with E-state index in [-0.39, 0.29) is 17.9 Å². The van der Waals surface area contributed by atoms with E-state index in [1.807, 2.05) is 46.9 Å². The van der Waals surface area contributed by atoms with Gasteiger partial charge in [-0.3, -0.25) is 19.6 Å². The van der Waals surface area contributed by atoms with Gasteiger partial charge in [-0.15, -0.1) is 0 Å². The van der Waals surface area contributed by atoms with E-state index in [2.05, 4.69) is 10.4 Å². The van der Waals surface area contributed by atoms with Gasteiger partial charge in [-0.1, -0.05) is 24.3 Å². The first-order chi connectivity index (χ1) is 10.0. The van der Waals surface area contributed by atoms with Crippen LogP contribution in [0.4, 0.5) is 0 Å². The Hall–Kier alpha value is -1.74. The summed E-state index contributed by atoms with van der Waals surface area (Å²) in [5.74, 6) is 4.85. The maximum Gasteiger partial charge on any atom is 0.267 e. The first-order valence-electron chi connectivity index (χ1n) is 6.30. The van der Waals surface area contributed by atoms with Gasteiger partial charge in [0.05, 0.1) is 28.6 Å². The lowest BCUT2D eigenvalue weighted by Gasteiger charge is -2.11. The molecular weight excluding hydrogens is 383 g/mol. The van der Waals surface area contributed by atoms with Gasteiger partial charge in [-0.05, 0) is 40.6 Å². The number of aryl methyl sites for hydroxylation is 1. The molecule has 3 N–H and O–H groups in total. The van der Waals surface area contributed by atoms with Gasteiger partial charge in [0, 0.05) is 0 Å². The number of hydrazine groups is 1. The molecule has 2 rings (SSSR count). The van der Waals surface area contributed by atoms with Crippen molar-refractivity contribution >= 4 is 28.5 Å². The Kier molecular flexibility index (Phi) is 5.07. The van der Waals surface area contributed by atoms with Crippen molar-refractivity contribution in [2.24, 2.45) is 5.84 Å². The molecule has 0 saturated carbocycles. The zero-order chi connectivity index (χ0) is 15.4. The van der Waals surface area contributed by atoms with Crippen LogP contribution in [-0.4, -0.2) is 15.5 Å². The number of hydrogen-bond acceptors (Lipinski definition) is 4. The average Bonchev–Trinajstić information content (AvgIpc) is 2.49. The molecule has 1 heterocycles. The summed E-state index contributed by atoms with van der Waals surface area (Å²) in [6.45, 7) is 2.17. The Morgan fingerprint density at radius 1 is 1.38 bits per heavy atom. The minimum atomic E-state index is -0.272. The van der Waals surface area contributed by atoms with Crippen LogP contribution in [0.25, 0.3) is 0 Å². The van der Waals surface area contributed by atoms with Gasteiger partial charge in [0.2, 0.25) is 5.91 Å². The van der Waals surface area contributed by atoms with Crippen LogP contribution in [0.15, 0.2) is 35.4 Å². The summed E-state index contributed by atoms with van der Waals surface area (Å²) in [6.07, 6.45) is 1.71. The molecule has 0 aliphatic rings. The van der Waals surface area contributed by atoms with E-state index in [0.717, 1.165) is 11.1 Å². The van der Waals surface area contributed by atoms with Crippen LogP contribution >= 0.6 is 22.6 Å². The van der Waals surface area contributed by atoms with Crippen molar-refractivity contribution in [1.29, 1.82) is 0 Å². The van der Waals surface area contributed by atoms with E-state index in [0.29, 0.717) is 15.8 Å². The minimum absolute atomic E-state index is 0.0822. The standard InChI is InChI=1S/C14H15IN4O2/c1-9-13(15)14(21)19(8-17-9)7-11-5-3-2-4-10(11)6-12(20)18-16/h2-5,8H,6-7,16H2,1H3,(H,18,20). The van der Waals surface area contributed by atoms with Crippen LogP contribution in [0.1, 0.15) is 16.8 Å². The summed E-state index contributed by atoms with van der Waals surface area (Å²) in [6, 6.07) is 7.46. The molecule has 110 valence electrons. The second-order valence-electron chi connectivity index (χ2n) is 4.59. The number of rotatable bonds is 4. The molecule has 21 heavy (non-hydrogen) atoms. The van der Waals surface area contributed by atoms with Gasteiger partial charge < -0.3 is 0 Å². The maximum absolute atomic E-state index is 12.2. The molecule has 1 aromatic heterocycles. The highest BCUT2D eigenvalue weighted by atomic mass is 127. The number of halogens is 1. The van der Waals surface area contributed by atoms with Crippen molar-refractivity contribution in [3.63, 3.8) is 0 Å². The van der Waals surface area contributed by atoms with Gasteiger partial charge in [0.1, 0.15) is 0 Å².